The number of hydrogen-bond donors (Lipinski definition) is 1. The van der Waals surface area contributed by atoms with Crippen LogP contribution in [0.15, 0.2) is 54.7 Å². The van der Waals surface area contributed by atoms with Gasteiger partial charge in [-0.05, 0) is 49.2 Å². The van der Waals surface area contributed by atoms with Crippen LogP contribution < -0.4 is 5.32 Å². The number of likely N-dealkylation sites (N-methyl/N-ethyl adjacent to an activating group) is 1. The fourth-order valence-corrected chi connectivity index (χ4v) is 5.10. The van der Waals surface area contributed by atoms with Crippen molar-refractivity contribution in [3.05, 3.63) is 76.4 Å². The minimum absolute atomic E-state index is 0.221. The van der Waals surface area contributed by atoms with Gasteiger partial charge in [0.1, 0.15) is 0 Å². The van der Waals surface area contributed by atoms with Gasteiger partial charge >= 0.3 is 0 Å². The molecule has 166 valence electrons. The summed E-state index contributed by atoms with van der Waals surface area (Å²) < 4.78 is 0. The summed E-state index contributed by atoms with van der Waals surface area (Å²) in [5.41, 5.74) is 5.85. The monoisotopic (exact) mass is 447 g/mol. The molecule has 5 nitrogen and oxygen atoms in total. The van der Waals surface area contributed by atoms with E-state index in [1.165, 1.54) is 22.3 Å². The molecule has 1 aromatic heterocycles. The van der Waals surface area contributed by atoms with Gasteiger partial charge in [0.15, 0.2) is 0 Å². The average Bonchev–Trinajstić information content (AvgIpc) is 2.83. The third-order valence-corrected chi connectivity index (χ3v) is 7.03. The van der Waals surface area contributed by atoms with Crippen LogP contribution in [0.5, 0.6) is 0 Å². The highest BCUT2D eigenvalue weighted by atomic mass is 35.5. The number of benzene rings is 2. The number of piperazine rings is 1. The van der Waals surface area contributed by atoms with Crippen molar-refractivity contribution in [3.8, 4) is 11.3 Å². The van der Waals surface area contributed by atoms with Gasteiger partial charge in [0.2, 0.25) is 5.95 Å². The second-order valence-corrected chi connectivity index (χ2v) is 9.27. The lowest BCUT2D eigenvalue weighted by Crippen LogP contribution is -2.44. The fraction of sp³-hybridized carbons (Fsp3) is 0.385. The first-order valence-corrected chi connectivity index (χ1v) is 11.9. The van der Waals surface area contributed by atoms with Crippen molar-refractivity contribution in [3.63, 3.8) is 0 Å². The number of nitrogens with one attached hydrogen (secondary N) is 1. The van der Waals surface area contributed by atoms with E-state index in [1.807, 2.05) is 18.3 Å². The molecular weight excluding hydrogens is 418 g/mol. The highest BCUT2D eigenvalue weighted by molar-refractivity contribution is 6.31. The molecule has 0 radical (unpaired) electrons. The quantitative estimate of drug-likeness (QED) is 0.562. The molecule has 1 unspecified atom stereocenters. The zero-order valence-electron chi connectivity index (χ0n) is 18.6. The molecule has 1 atom stereocenters. The first-order chi connectivity index (χ1) is 15.7. The van der Waals surface area contributed by atoms with E-state index in [2.05, 4.69) is 63.5 Å². The Bertz CT molecular complexity index is 1080. The number of aromatic nitrogens is 2. The summed E-state index contributed by atoms with van der Waals surface area (Å²) in [6.45, 7) is 6.65. The second-order valence-electron chi connectivity index (χ2n) is 8.86. The predicted molar refractivity (Wildman–Crippen MR) is 132 cm³/mol. The van der Waals surface area contributed by atoms with Crippen molar-refractivity contribution < 1.29 is 0 Å². The molecule has 3 aromatic rings. The minimum atomic E-state index is 0.221. The molecule has 0 saturated carbocycles. The highest BCUT2D eigenvalue weighted by Gasteiger charge is 2.28. The molecule has 1 aliphatic carbocycles. The molecule has 0 bridgehead atoms. The van der Waals surface area contributed by atoms with E-state index in [9.17, 15) is 0 Å². The lowest BCUT2D eigenvalue weighted by atomic mass is 9.78. The molecular formula is C26H30ClN5. The van der Waals surface area contributed by atoms with Crippen molar-refractivity contribution in [1.82, 2.24) is 19.8 Å². The van der Waals surface area contributed by atoms with Crippen LogP contribution in [0.4, 0.5) is 5.95 Å². The van der Waals surface area contributed by atoms with Gasteiger partial charge in [-0.1, -0.05) is 54.1 Å². The van der Waals surface area contributed by atoms with Crippen LogP contribution in [0.2, 0.25) is 5.02 Å². The molecule has 0 spiro atoms. The molecule has 1 N–H and O–H groups in total. The van der Waals surface area contributed by atoms with Gasteiger partial charge in [-0.25, -0.2) is 9.97 Å². The molecule has 5 rings (SSSR count). The summed E-state index contributed by atoms with van der Waals surface area (Å²) in [6, 6.07) is 16.7. The Hall–Kier alpha value is -2.47. The van der Waals surface area contributed by atoms with Crippen molar-refractivity contribution in [1.29, 1.82) is 0 Å². The molecule has 2 aromatic carbocycles. The van der Waals surface area contributed by atoms with Crippen LogP contribution in [-0.4, -0.2) is 66.1 Å². The minimum Gasteiger partial charge on any atom is -0.354 e. The summed E-state index contributed by atoms with van der Waals surface area (Å²) in [5, 5.41) is 4.26. The maximum absolute atomic E-state index is 6.56. The van der Waals surface area contributed by atoms with Gasteiger partial charge in [0.25, 0.3) is 0 Å². The SMILES string of the molecule is CN1CCN(CCCNc2ncc3c(n2)-c2ccccc2C(c2ccccc2Cl)C3)CC1. The standard InChI is InChI=1S/C26H30ClN5/c1-31-13-15-32(16-14-31)12-6-11-28-26-29-18-19-17-23(21-8-4-5-10-24(21)27)20-7-2-3-9-22(20)25(19)30-26/h2-5,7-10,18,23H,6,11-17H2,1H3,(H,28,29,30). The summed E-state index contributed by atoms with van der Waals surface area (Å²) in [6.07, 6.45) is 3.94. The average molecular weight is 448 g/mol. The molecule has 2 heterocycles. The van der Waals surface area contributed by atoms with E-state index in [1.54, 1.807) is 0 Å². The zero-order chi connectivity index (χ0) is 21.9. The molecule has 1 aliphatic heterocycles. The lowest BCUT2D eigenvalue weighted by Gasteiger charge is -2.32. The Morgan fingerprint density at radius 1 is 1.00 bits per heavy atom. The first-order valence-electron chi connectivity index (χ1n) is 11.5. The van der Waals surface area contributed by atoms with Crippen LogP contribution in [-0.2, 0) is 6.42 Å². The zero-order valence-corrected chi connectivity index (χ0v) is 19.4. The predicted octanol–water partition coefficient (Wildman–Crippen LogP) is 4.53. The van der Waals surface area contributed by atoms with Crippen LogP contribution in [0.25, 0.3) is 11.3 Å². The summed E-state index contributed by atoms with van der Waals surface area (Å²) >= 11 is 6.56. The largest absolute Gasteiger partial charge is 0.354 e. The molecule has 32 heavy (non-hydrogen) atoms. The van der Waals surface area contributed by atoms with Gasteiger partial charge < -0.3 is 15.1 Å². The van der Waals surface area contributed by atoms with E-state index < -0.39 is 0 Å². The van der Waals surface area contributed by atoms with E-state index in [4.69, 9.17) is 16.6 Å². The topological polar surface area (TPSA) is 44.3 Å². The number of anilines is 1. The molecule has 0 amide bonds. The van der Waals surface area contributed by atoms with Crippen LogP contribution in [0, 0.1) is 0 Å². The normalized spacial score (nSPS) is 18.8. The number of halogens is 1. The first kappa shape index (κ1) is 21.4. The van der Waals surface area contributed by atoms with E-state index in [0.29, 0.717) is 5.95 Å². The fourth-order valence-electron chi connectivity index (χ4n) is 4.83. The Morgan fingerprint density at radius 3 is 2.56 bits per heavy atom. The lowest BCUT2D eigenvalue weighted by molar-refractivity contribution is 0.154. The number of hydrogen-bond acceptors (Lipinski definition) is 5. The smallest absolute Gasteiger partial charge is 0.223 e. The van der Waals surface area contributed by atoms with Gasteiger partial charge in [0, 0.05) is 55.4 Å². The Labute approximate surface area is 195 Å². The van der Waals surface area contributed by atoms with Crippen LogP contribution in [0.1, 0.15) is 29.0 Å². The van der Waals surface area contributed by atoms with Gasteiger partial charge in [-0.2, -0.15) is 0 Å². The van der Waals surface area contributed by atoms with Crippen molar-refractivity contribution >= 4 is 17.5 Å². The Balaban J connectivity index is 1.30. The molecule has 2 aliphatic rings. The van der Waals surface area contributed by atoms with Crippen molar-refractivity contribution in [2.75, 3.05) is 51.6 Å². The third-order valence-electron chi connectivity index (χ3n) is 6.69. The van der Waals surface area contributed by atoms with Crippen LogP contribution in [0.3, 0.4) is 0 Å². The van der Waals surface area contributed by atoms with E-state index in [-0.39, 0.29) is 5.92 Å². The number of fused-ring (bicyclic) bond motifs is 3. The number of nitrogens with zero attached hydrogens (tertiary/aromatic N) is 4. The molecule has 1 saturated heterocycles. The maximum atomic E-state index is 6.56. The second kappa shape index (κ2) is 9.57. The van der Waals surface area contributed by atoms with E-state index in [0.717, 1.165) is 62.8 Å². The van der Waals surface area contributed by atoms with Gasteiger partial charge in [-0.3, -0.25) is 0 Å². The van der Waals surface area contributed by atoms with Crippen molar-refractivity contribution in [2.24, 2.45) is 0 Å². The highest BCUT2D eigenvalue weighted by Crippen LogP contribution is 2.43. The van der Waals surface area contributed by atoms with Crippen LogP contribution >= 0.6 is 11.6 Å². The Morgan fingerprint density at radius 2 is 1.75 bits per heavy atom. The number of rotatable bonds is 6. The summed E-state index contributed by atoms with van der Waals surface area (Å²) in [5.74, 6) is 0.937. The molecule has 1 fully saturated rings. The Kier molecular flexibility index (Phi) is 6.39. The van der Waals surface area contributed by atoms with Gasteiger partial charge in [0.05, 0.1) is 5.69 Å². The molecule has 6 heteroatoms. The summed E-state index contributed by atoms with van der Waals surface area (Å²) in [4.78, 5) is 14.5. The maximum Gasteiger partial charge on any atom is 0.223 e. The van der Waals surface area contributed by atoms with Crippen molar-refractivity contribution in [2.45, 2.75) is 18.8 Å². The van der Waals surface area contributed by atoms with Gasteiger partial charge in [-0.15, -0.1) is 0 Å². The summed E-state index contributed by atoms with van der Waals surface area (Å²) in [7, 11) is 2.20. The van der Waals surface area contributed by atoms with E-state index >= 15 is 0 Å². The third kappa shape index (κ3) is 4.51.